The first-order valence-electron chi connectivity index (χ1n) is 6.61. The van der Waals surface area contributed by atoms with Crippen molar-refractivity contribution < 1.29 is 9.13 Å². The van der Waals surface area contributed by atoms with Gasteiger partial charge < -0.3 is 15.8 Å². The van der Waals surface area contributed by atoms with Gasteiger partial charge in [-0.15, -0.1) is 0 Å². The molecule has 2 aromatic heterocycles. The Balaban J connectivity index is 1.83. The number of rotatable bonds is 4. The van der Waals surface area contributed by atoms with Crippen LogP contribution in [0.25, 0.3) is 11.0 Å². The van der Waals surface area contributed by atoms with Gasteiger partial charge in [-0.25, -0.2) is 19.3 Å². The molecule has 0 amide bonds. The molecule has 0 spiro atoms. The smallest absolute Gasteiger partial charge is 0.166 e. The second-order valence-corrected chi connectivity index (χ2v) is 4.65. The maximum atomic E-state index is 13.7. The molecule has 7 heteroatoms. The number of benzene rings is 1. The molecule has 0 atom stereocenters. The Morgan fingerprint density at radius 1 is 1.23 bits per heavy atom. The number of aromatic nitrogens is 3. The Morgan fingerprint density at radius 2 is 2.09 bits per heavy atom. The molecule has 0 unspecified atom stereocenters. The van der Waals surface area contributed by atoms with Gasteiger partial charge in [0.2, 0.25) is 0 Å². The fourth-order valence-electron chi connectivity index (χ4n) is 2.10. The molecule has 3 rings (SSSR count). The predicted molar refractivity (Wildman–Crippen MR) is 82.0 cm³/mol. The van der Waals surface area contributed by atoms with Crippen LogP contribution >= 0.6 is 0 Å². The number of nitrogens with two attached hydrogens (primary N) is 1. The van der Waals surface area contributed by atoms with E-state index in [4.69, 9.17) is 10.5 Å². The van der Waals surface area contributed by atoms with Crippen LogP contribution in [0.15, 0.2) is 36.7 Å². The number of halogens is 1. The molecule has 0 aliphatic heterocycles. The highest BCUT2D eigenvalue weighted by atomic mass is 19.1. The van der Waals surface area contributed by atoms with Gasteiger partial charge in [-0.05, 0) is 29.8 Å². The Labute approximate surface area is 126 Å². The van der Waals surface area contributed by atoms with Gasteiger partial charge in [0.25, 0.3) is 0 Å². The lowest BCUT2D eigenvalue weighted by molar-refractivity contribution is 0.386. The van der Waals surface area contributed by atoms with E-state index in [0.717, 1.165) is 10.9 Å². The highest BCUT2D eigenvalue weighted by Crippen LogP contribution is 2.21. The van der Waals surface area contributed by atoms with Crippen molar-refractivity contribution in [1.29, 1.82) is 0 Å². The van der Waals surface area contributed by atoms with E-state index in [9.17, 15) is 4.39 Å². The van der Waals surface area contributed by atoms with E-state index in [1.54, 1.807) is 24.3 Å². The average Bonchev–Trinajstić information content (AvgIpc) is 2.52. The van der Waals surface area contributed by atoms with E-state index in [2.05, 4.69) is 20.3 Å². The van der Waals surface area contributed by atoms with Gasteiger partial charge in [-0.2, -0.15) is 0 Å². The number of ether oxygens (including phenoxy) is 1. The molecule has 6 nitrogen and oxygen atoms in total. The van der Waals surface area contributed by atoms with E-state index in [1.807, 2.05) is 0 Å². The minimum Gasteiger partial charge on any atom is -0.494 e. The topological polar surface area (TPSA) is 86.0 Å². The van der Waals surface area contributed by atoms with Gasteiger partial charge in [0.05, 0.1) is 12.5 Å². The van der Waals surface area contributed by atoms with Crippen molar-refractivity contribution in [3.05, 3.63) is 48.0 Å². The van der Waals surface area contributed by atoms with Gasteiger partial charge in [0, 0.05) is 6.54 Å². The number of nitrogen functional groups attached to an aromatic ring is 1. The van der Waals surface area contributed by atoms with Gasteiger partial charge in [0.1, 0.15) is 18.0 Å². The lowest BCUT2D eigenvalue weighted by Crippen LogP contribution is -2.04. The molecule has 0 saturated carbocycles. The quantitative estimate of drug-likeness (QED) is 0.769. The van der Waals surface area contributed by atoms with E-state index < -0.39 is 5.82 Å². The number of hydrogen-bond acceptors (Lipinski definition) is 6. The van der Waals surface area contributed by atoms with Gasteiger partial charge in [0.15, 0.2) is 17.2 Å². The second kappa shape index (κ2) is 5.80. The van der Waals surface area contributed by atoms with Gasteiger partial charge in [-0.1, -0.05) is 6.07 Å². The number of nitrogens with one attached hydrogen (secondary N) is 1. The highest BCUT2D eigenvalue weighted by Gasteiger charge is 2.07. The second-order valence-electron chi connectivity index (χ2n) is 4.65. The first-order chi connectivity index (χ1) is 10.7. The SMILES string of the molecule is COc1ccc(CNc2ncnc3nc(N)ccc23)cc1F. The van der Waals surface area contributed by atoms with Crippen molar-refractivity contribution in [3.63, 3.8) is 0 Å². The van der Waals surface area contributed by atoms with Crippen molar-refractivity contribution in [3.8, 4) is 5.75 Å². The van der Waals surface area contributed by atoms with Crippen molar-refractivity contribution in [2.75, 3.05) is 18.2 Å². The number of hydrogen-bond donors (Lipinski definition) is 2. The largest absolute Gasteiger partial charge is 0.494 e. The van der Waals surface area contributed by atoms with Crippen LogP contribution in [0.4, 0.5) is 16.0 Å². The van der Waals surface area contributed by atoms with Crippen LogP contribution in [-0.2, 0) is 6.54 Å². The number of pyridine rings is 1. The minimum absolute atomic E-state index is 0.218. The molecule has 1 aromatic carbocycles. The van der Waals surface area contributed by atoms with Crippen molar-refractivity contribution in [2.24, 2.45) is 0 Å². The molecule has 3 N–H and O–H groups in total. The molecule has 0 aliphatic rings. The molecule has 0 fully saturated rings. The summed E-state index contributed by atoms with van der Waals surface area (Å²) >= 11 is 0. The van der Waals surface area contributed by atoms with E-state index in [-0.39, 0.29) is 5.75 Å². The first kappa shape index (κ1) is 14.0. The number of nitrogens with zero attached hydrogens (tertiary/aromatic N) is 3. The summed E-state index contributed by atoms with van der Waals surface area (Å²) in [6, 6.07) is 8.28. The van der Waals surface area contributed by atoms with Crippen molar-refractivity contribution in [2.45, 2.75) is 6.54 Å². The molecule has 0 saturated heterocycles. The molecule has 0 bridgehead atoms. The Hall–Kier alpha value is -2.96. The highest BCUT2D eigenvalue weighted by molar-refractivity contribution is 5.86. The number of anilines is 2. The van der Waals surface area contributed by atoms with Crippen molar-refractivity contribution >= 4 is 22.7 Å². The fourth-order valence-corrected chi connectivity index (χ4v) is 2.10. The molecule has 112 valence electrons. The standard InChI is InChI=1S/C15H14FN5O/c1-22-12-4-2-9(6-11(12)16)7-18-14-10-3-5-13(17)21-15(10)20-8-19-14/h2-6,8H,7H2,1H3,(H3,17,18,19,20,21). The zero-order chi connectivity index (χ0) is 15.5. The predicted octanol–water partition coefficient (Wildman–Crippen LogP) is 2.37. The third-order valence-corrected chi connectivity index (χ3v) is 3.19. The maximum Gasteiger partial charge on any atom is 0.166 e. The van der Waals surface area contributed by atoms with Crippen LogP contribution in [0, 0.1) is 5.82 Å². The summed E-state index contributed by atoms with van der Waals surface area (Å²) in [6.07, 6.45) is 1.41. The summed E-state index contributed by atoms with van der Waals surface area (Å²) in [5.74, 6) is 0.836. The fraction of sp³-hybridized carbons (Fsp3) is 0.133. The van der Waals surface area contributed by atoms with Crippen molar-refractivity contribution in [1.82, 2.24) is 15.0 Å². The van der Waals surface area contributed by atoms with Crippen LogP contribution in [-0.4, -0.2) is 22.1 Å². The van der Waals surface area contributed by atoms with E-state index in [0.29, 0.717) is 23.8 Å². The molecule has 3 aromatic rings. The van der Waals surface area contributed by atoms with Gasteiger partial charge >= 0.3 is 0 Å². The zero-order valence-corrected chi connectivity index (χ0v) is 11.9. The monoisotopic (exact) mass is 299 g/mol. The van der Waals surface area contributed by atoms with Crippen LogP contribution in [0.2, 0.25) is 0 Å². The molecular weight excluding hydrogens is 285 g/mol. The van der Waals surface area contributed by atoms with Crippen LogP contribution in [0.5, 0.6) is 5.75 Å². The molecular formula is C15H14FN5O. The summed E-state index contributed by atoms with van der Waals surface area (Å²) < 4.78 is 18.6. The third-order valence-electron chi connectivity index (χ3n) is 3.19. The molecule has 0 aliphatic carbocycles. The molecule has 0 radical (unpaired) electrons. The average molecular weight is 299 g/mol. The Bertz CT molecular complexity index is 824. The van der Waals surface area contributed by atoms with Crippen LogP contribution < -0.4 is 15.8 Å². The third kappa shape index (κ3) is 2.73. The zero-order valence-electron chi connectivity index (χ0n) is 11.9. The summed E-state index contributed by atoms with van der Waals surface area (Å²) in [6.45, 7) is 0.414. The van der Waals surface area contributed by atoms with Crippen LogP contribution in [0.3, 0.4) is 0 Å². The van der Waals surface area contributed by atoms with Crippen LogP contribution in [0.1, 0.15) is 5.56 Å². The Kier molecular flexibility index (Phi) is 3.69. The minimum atomic E-state index is -0.399. The molecule has 22 heavy (non-hydrogen) atoms. The normalized spacial score (nSPS) is 10.6. The lowest BCUT2D eigenvalue weighted by Gasteiger charge is -2.09. The maximum absolute atomic E-state index is 13.7. The summed E-state index contributed by atoms with van der Waals surface area (Å²) in [7, 11) is 1.43. The summed E-state index contributed by atoms with van der Waals surface area (Å²) in [5.41, 5.74) is 6.92. The number of fused-ring (bicyclic) bond motifs is 1. The number of methoxy groups -OCH3 is 1. The molecule has 2 heterocycles. The van der Waals surface area contributed by atoms with Gasteiger partial charge in [-0.3, -0.25) is 0 Å². The lowest BCUT2D eigenvalue weighted by atomic mass is 10.2. The van der Waals surface area contributed by atoms with E-state index >= 15 is 0 Å². The van der Waals surface area contributed by atoms with E-state index in [1.165, 1.54) is 19.5 Å². The summed E-state index contributed by atoms with van der Waals surface area (Å²) in [5, 5.41) is 3.90. The summed E-state index contributed by atoms with van der Waals surface area (Å²) in [4.78, 5) is 12.4. The Morgan fingerprint density at radius 3 is 2.86 bits per heavy atom. The first-order valence-corrected chi connectivity index (χ1v) is 6.61.